The van der Waals surface area contributed by atoms with Crippen molar-refractivity contribution in [1.82, 2.24) is 5.32 Å². The predicted octanol–water partition coefficient (Wildman–Crippen LogP) is 3.06. The summed E-state index contributed by atoms with van der Waals surface area (Å²) in [6, 6.07) is 10.1. The van der Waals surface area contributed by atoms with E-state index in [1.54, 1.807) is 12.1 Å². The van der Waals surface area contributed by atoms with Gasteiger partial charge in [-0.15, -0.1) is 0 Å². The van der Waals surface area contributed by atoms with E-state index in [4.69, 9.17) is 0 Å². The molecule has 0 aromatic heterocycles. The molecule has 2 amide bonds. The maximum absolute atomic E-state index is 13.8. The minimum absolute atomic E-state index is 0.0199. The fourth-order valence-corrected chi connectivity index (χ4v) is 2.24. The monoisotopic (exact) mass is 332 g/mol. The van der Waals surface area contributed by atoms with Gasteiger partial charge in [0.2, 0.25) is 5.91 Å². The van der Waals surface area contributed by atoms with E-state index in [-0.39, 0.29) is 24.7 Å². The van der Waals surface area contributed by atoms with Crippen molar-refractivity contribution in [2.24, 2.45) is 0 Å². The molecule has 0 spiro atoms. The summed E-state index contributed by atoms with van der Waals surface area (Å²) in [6.07, 6.45) is 0. The SMILES string of the molecule is CC(=O)N(CCNC(=O)c1ccc(C)cc1)c1ccc(F)cc1F. The second-order valence-corrected chi connectivity index (χ2v) is 5.39. The lowest BCUT2D eigenvalue weighted by Crippen LogP contribution is -2.38. The molecule has 0 radical (unpaired) electrons. The normalized spacial score (nSPS) is 10.3. The molecular formula is C18H18F2N2O2. The molecule has 0 aliphatic rings. The third-order valence-corrected chi connectivity index (χ3v) is 3.52. The van der Waals surface area contributed by atoms with Gasteiger partial charge < -0.3 is 10.2 Å². The van der Waals surface area contributed by atoms with E-state index in [2.05, 4.69) is 5.32 Å². The summed E-state index contributed by atoms with van der Waals surface area (Å²) in [4.78, 5) is 24.9. The van der Waals surface area contributed by atoms with Gasteiger partial charge in [0.1, 0.15) is 11.6 Å². The second kappa shape index (κ2) is 7.68. The molecule has 2 aromatic carbocycles. The molecule has 2 rings (SSSR count). The van der Waals surface area contributed by atoms with Crippen LogP contribution in [0.3, 0.4) is 0 Å². The Balaban J connectivity index is 2.00. The first-order chi connectivity index (χ1) is 11.4. The zero-order chi connectivity index (χ0) is 17.7. The molecule has 4 nitrogen and oxygen atoms in total. The third kappa shape index (κ3) is 4.38. The Labute approximate surface area is 139 Å². The number of hydrogen-bond donors (Lipinski definition) is 1. The lowest BCUT2D eigenvalue weighted by Gasteiger charge is -2.22. The van der Waals surface area contributed by atoms with Crippen LogP contribution in [0.4, 0.5) is 14.5 Å². The van der Waals surface area contributed by atoms with Crippen molar-refractivity contribution in [1.29, 1.82) is 0 Å². The number of nitrogens with zero attached hydrogens (tertiary/aromatic N) is 1. The summed E-state index contributed by atoms with van der Waals surface area (Å²) in [7, 11) is 0. The van der Waals surface area contributed by atoms with Crippen molar-refractivity contribution in [3.63, 3.8) is 0 Å². The van der Waals surface area contributed by atoms with E-state index in [0.717, 1.165) is 22.6 Å². The topological polar surface area (TPSA) is 49.4 Å². The molecule has 0 aliphatic carbocycles. The number of anilines is 1. The Morgan fingerprint density at radius 1 is 1.08 bits per heavy atom. The van der Waals surface area contributed by atoms with Crippen molar-refractivity contribution in [2.45, 2.75) is 13.8 Å². The van der Waals surface area contributed by atoms with Crippen molar-refractivity contribution < 1.29 is 18.4 Å². The number of amides is 2. The standard InChI is InChI=1S/C18H18F2N2O2/c1-12-3-5-14(6-4-12)18(24)21-9-10-22(13(2)23)17-8-7-15(19)11-16(17)20/h3-8,11H,9-10H2,1-2H3,(H,21,24). The first-order valence-corrected chi connectivity index (χ1v) is 7.46. The first kappa shape index (κ1) is 17.6. The highest BCUT2D eigenvalue weighted by atomic mass is 19.1. The summed E-state index contributed by atoms with van der Waals surface area (Å²) in [5, 5.41) is 2.68. The van der Waals surface area contributed by atoms with Crippen molar-refractivity contribution in [3.8, 4) is 0 Å². The van der Waals surface area contributed by atoms with E-state index in [1.165, 1.54) is 13.0 Å². The van der Waals surface area contributed by atoms with Crippen LogP contribution in [0.15, 0.2) is 42.5 Å². The van der Waals surface area contributed by atoms with Gasteiger partial charge in [-0.2, -0.15) is 0 Å². The Morgan fingerprint density at radius 2 is 1.75 bits per heavy atom. The largest absolute Gasteiger partial charge is 0.350 e. The number of rotatable bonds is 5. The van der Waals surface area contributed by atoms with E-state index >= 15 is 0 Å². The molecular weight excluding hydrogens is 314 g/mol. The number of carbonyl (C=O) groups is 2. The van der Waals surface area contributed by atoms with E-state index in [9.17, 15) is 18.4 Å². The zero-order valence-electron chi connectivity index (χ0n) is 13.5. The highest BCUT2D eigenvalue weighted by Crippen LogP contribution is 2.20. The Hall–Kier alpha value is -2.76. The molecule has 6 heteroatoms. The average Bonchev–Trinajstić information content (AvgIpc) is 2.52. The smallest absolute Gasteiger partial charge is 0.251 e. The molecule has 0 atom stereocenters. The number of aryl methyl sites for hydroxylation is 1. The van der Waals surface area contributed by atoms with Crippen LogP contribution in [0.5, 0.6) is 0 Å². The maximum Gasteiger partial charge on any atom is 0.251 e. The minimum atomic E-state index is -0.824. The number of halogens is 2. The lowest BCUT2D eigenvalue weighted by molar-refractivity contribution is -0.116. The van der Waals surface area contributed by atoms with Crippen LogP contribution in [0.2, 0.25) is 0 Å². The molecule has 0 aliphatic heterocycles. The van der Waals surface area contributed by atoms with Gasteiger partial charge in [-0.1, -0.05) is 17.7 Å². The summed E-state index contributed by atoms with van der Waals surface area (Å²) in [5.74, 6) is -2.22. The summed E-state index contributed by atoms with van der Waals surface area (Å²) in [5.41, 5.74) is 1.53. The number of nitrogens with one attached hydrogen (secondary N) is 1. The van der Waals surface area contributed by atoms with E-state index < -0.39 is 17.5 Å². The van der Waals surface area contributed by atoms with Gasteiger partial charge in [-0.3, -0.25) is 9.59 Å². The Kier molecular flexibility index (Phi) is 5.63. The predicted molar refractivity (Wildman–Crippen MR) is 87.9 cm³/mol. The molecule has 0 fully saturated rings. The van der Waals surface area contributed by atoms with Gasteiger partial charge in [0.05, 0.1) is 5.69 Å². The molecule has 2 aromatic rings. The minimum Gasteiger partial charge on any atom is -0.350 e. The maximum atomic E-state index is 13.8. The highest BCUT2D eigenvalue weighted by molar-refractivity contribution is 5.94. The molecule has 0 saturated carbocycles. The summed E-state index contributed by atoms with van der Waals surface area (Å²) < 4.78 is 26.8. The van der Waals surface area contributed by atoms with Crippen LogP contribution < -0.4 is 10.2 Å². The second-order valence-electron chi connectivity index (χ2n) is 5.39. The Bertz CT molecular complexity index is 745. The first-order valence-electron chi connectivity index (χ1n) is 7.46. The fraction of sp³-hybridized carbons (Fsp3) is 0.222. The fourth-order valence-electron chi connectivity index (χ4n) is 2.24. The van der Waals surface area contributed by atoms with E-state index in [0.29, 0.717) is 5.56 Å². The van der Waals surface area contributed by atoms with Gasteiger partial charge in [0, 0.05) is 31.6 Å². The number of carbonyl (C=O) groups excluding carboxylic acids is 2. The molecule has 0 saturated heterocycles. The van der Waals surface area contributed by atoms with Gasteiger partial charge in [0.15, 0.2) is 0 Å². The molecule has 1 N–H and O–H groups in total. The third-order valence-electron chi connectivity index (χ3n) is 3.52. The van der Waals surface area contributed by atoms with Crippen LogP contribution in [0, 0.1) is 18.6 Å². The lowest BCUT2D eigenvalue weighted by atomic mass is 10.1. The van der Waals surface area contributed by atoms with Crippen LogP contribution in [0.1, 0.15) is 22.8 Å². The molecule has 24 heavy (non-hydrogen) atoms. The number of hydrogen-bond acceptors (Lipinski definition) is 2. The Morgan fingerprint density at radius 3 is 2.33 bits per heavy atom. The highest BCUT2D eigenvalue weighted by Gasteiger charge is 2.16. The summed E-state index contributed by atoms with van der Waals surface area (Å²) in [6.45, 7) is 3.42. The van der Waals surface area contributed by atoms with Crippen LogP contribution in [-0.4, -0.2) is 24.9 Å². The van der Waals surface area contributed by atoms with Gasteiger partial charge in [-0.05, 0) is 31.2 Å². The molecule has 0 unspecified atom stereocenters. The summed E-state index contributed by atoms with van der Waals surface area (Å²) >= 11 is 0. The molecule has 0 heterocycles. The molecule has 0 bridgehead atoms. The molecule has 126 valence electrons. The van der Waals surface area contributed by atoms with Gasteiger partial charge >= 0.3 is 0 Å². The van der Waals surface area contributed by atoms with Crippen LogP contribution in [-0.2, 0) is 4.79 Å². The van der Waals surface area contributed by atoms with Crippen molar-refractivity contribution in [2.75, 3.05) is 18.0 Å². The number of benzene rings is 2. The van der Waals surface area contributed by atoms with Gasteiger partial charge in [0.25, 0.3) is 5.91 Å². The van der Waals surface area contributed by atoms with Gasteiger partial charge in [-0.25, -0.2) is 8.78 Å². The van der Waals surface area contributed by atoms with Crippen molar-refractivity contribution >= 4 is 17.5 Å². The average molecular weight is 332 g/mol. The van der Waals surface area contributed by atoms with Crippen LogP contribution in [0.25, 0.3) is 0 Å². The quantitative estimate of drug-likeness (QED) is 0.915. The van der Waals surface area contributed by atoms with Crippen LogP contribution >= 0.6 is 0 Å². The van der Waals surface area contributed by atoms with E-state index in [1.807, 2.05) is 19.1 Å². The zero-order valence-corrected chi connectivity index (χ0v) is 13.5. The van der Waals surface area contributed by atoms with Crippen molar-refractivity contribution in [3.05, 3.63) is 65.2 Å².